The lowest BCUT2D eigenvalue weighted by atomic mass is 9.49. The lowest BCUT2D eigenvalue weighted by molar-refractivity contribution is -0.150. The largest absolute Gasteiger partial charge is 0.469 e. The van der Waals surface area contributed by atoms with Crippen LogP contribution in [-0.4, -0.2) is 37.0 Å². The van der Waals surface area contributed by atoms with Crippen molar-refractivity contribution >= 4 is 11.9 Å². The number of methoxy groups -OCH3 is 1. The third kappa shape index (κ3) is 2.89. The van der Waals surface area contributed by atoms with Crippen LogP contribution < -0.4 is 0 Å². The van der Waals surface area contributed by atoms with E-state index >= 15 is 0 Å². The molecule has 128 valence electrons. The third-order valence-electron chi connectivity index (χ3n) is 7.07. The van der Waals surface area contributed by atoms with Crippen molar-refractivity contribution < 1.29 is 14.3 Å². The molecule has 5 aliphatic rings. The quantitative estimate of drug-likeness (QED) is 0.751. The Morgan fingerprint density at radius 3 is 2.00 bits per heavy atom. The molecule has 0 aromatic carbocycles. The second kappa shape index (κ2) is 5.78. The Bertz CT molecular complexity index is 458. The van der Waals surface area contributed by atoms with Crippen LogP contribution in [0.15, 0.2) is 0 Å². The highest BCUT2D eigenvalue weighted by atomic mass is 16.5. The average Bonchev–Trinajstić information content (AvgIpc) is 2.52. The van der Waals surface area contributed by atoms with E-state index in [0.717, 1.165) is 50.1 Å². The molecule has 1 amide bonds. The molecule has 4 saturated carbocycles. The molecule has 1 heterocycles. The van der Waals surface area contributed by atoms with Crippen molar-refractivity contribution in [2.45, 2.75) is 57.8 Å². The zero-order valence-corrected chi connectivity index (χ0v) is 14.3. The van der Waals surface area contributed by atoms with E-state index in [1.54, 1.807) is 0 Å². The van der Waals surface area contributed by atoms with Gasteiger partial charge in [0.05, 0.1) is 13.0 Å². The summed E-state index contributed by atoms with van der Waals surface area (Å²) >= 11 is 0. The maximum absolute atomic E-state index is 12.8. The Kier molecular flexibility index (Phi) is 3.89. The minimum absolute atomic E-state index is 0.0106. The fraction of sp³-hybridized carbons (Fsp3) is 0.895. The molecule has 0 spiro atoms. The van der Waals surface area contributed by atoms with E-state index in [2.05, 4.69) is 0 Å². The van der Waals surface area contributed by atoms with Crippen molar-refractivity contribution in [3.8, 4) is 0 Å². The van der Waals surface area contributed by atoms with Crippen LogP contribution in [0.3, 0.4) is 0 Å². The first-order valence-corrected chi connectivity index (χ1v) is 9.42. The predicted octanol–water partition coefficient (Wildman–Crippen LogP) is 3.00. The molecule has 5 fully saturated rings. The molecule has 4 bridgehead atoms. The number of carbonyl (C=O) groups excluding carboxylic acids is 2. The molecular formula is C19H29NO3. The van der Waals surface area contributed by atoms with Gasteiger partial charge in [0, 0.05) is 19.5 Å². The van der Waals surface area contributed by atoms with Gasteiger partial charge in [0.1, 0.15) is 0 Å². The maximum atomic E-state index is 12.8. The van der Waals surface area contributed by atoms with Crippen molar-refractivity contribution in [1.82, 2.24) is 4.90 Å². The van der Waals surface area contributed by atoms with Gasteiger partial charge < -0.3 is 9.64 Å². The molecule has 0 atom stereocenters. The van der Waals surface area contributed by atoms with Gasteiger partial charge in [0.2, 0.25) is 5.91 Å². The molecule has 0 unspecified atom stereocenters. The standard InChI is InChI=1S/C19H29NO3/c1-23-18(22)16-2-4-20(5-3-16)17(21)12-19-9-13-6-14(10-19)8-15(7-13)11-19/h13-16H,2-12H2,1H3. The molecule has 23 heavy (non-hydrogen) atoms. The molecule has 1 aliphatic heterocycles. The molecule has 0 aromatic rings. The van der Waals surface area contributed by atoms with E-state index in [9.17, 15) is 9.59 Å². The molecule has 1 saturated heterocycles. The number of hydrogen-bond donors (Lipinski definition) is 0. The summed E-state index contributed by atoms with van der Waals surface area (Å²) in [4.78, 5) is 26.5. The van der Waals surface area contributed by atoms with Gasteiger partial charge in [-0.2, -0.15) is 0 Å². The van der Waals surface area contributed by atoms with Gasteiger partial charge in [-0.15, -0.1) is 0 Å². The lowest BCUT2D eigenvalue weighted by Crippen LogP contribution is -2.49. The molecule has 4 nitrogen and oxygen atoms in total. The summed E-state index contributed by atoms with van der Waals surface area (Å²) in [6, 6.07) is 0. The molecule has 0 N–H and O–H groups in total. The molecule has 0 radical (unpaired) electrons. The van der Waals surface area contributed by atoms with Crippen LogP contribution >= 0.6 is 0 Å². The van der Waals surface area contributed by atoms with Crippen molar-refractivity contribution in [1.29, 1.82) is 0 Å². The topological polar surface area (TPSA) is 46.6 Å². The van der Waals surface area contributed by atoms with Gasteiger partial charge in [-0.05, 0) is 74.5 Å². The Hall–Kier alpha value is -1.06. The first-order valence-electron chi connectivity index (χ1n) is 9.42. The Morgan fingerprint density at radius 1 is 1.00 bits per heavy atom. The summed E-state index contributed by atoms with van der Waals surface area (Å²) in [5.41, 5.74) is 0.324. The van der Waals surface area contributed by atoms with Crippen LogP contribution in [0.5, 0.6) is 0 Å². The van der Waals surface area contributed by atoms with Crippen LogP contribution in [0.2, 0.25) is 0 Å². The monoisotopic (exact) mass is 319 g/mol. The molecule has 5 rings (SSSR count). The summed E-state index contributed by atoms with van der Waals surface area (Å²) in [5, 5.41) is 0. The molecule has 0 aromatic heterocycles. The third-order valence-corrected chi connectivity index (χ3v) is 7.07. The highest BCUT2D eigenvalue weighted by Crippen LogP contribution is 2.61. The summed E-state index contributed by atoms with van der Waals surface area (Å²) in [5.74, 6) is 2.93. The van der Waals surface area contributed by atoms with Crippen LogP contribution in [0.1, 0.15) is 57.8 Å². The van der Waals surface area contributed by atoms with Gasteiger partial charge in [0.25, 0.3) is 0 Å². The average molecular weight is 319 g/mol. The van der Waals surface area contributed by atoms with Crippen molar-refractivity contribution in [3.05, 3.63) is 0 Å². The van der Waals surface area contributed by atoms with Gasteiger partial charge in [-0.25, -0.2) is 0 Å². The normalized spacial score (nSPS) is 39.5. The van der Waals surface area contributed by atoms with Crippen molar-refractivity contribution in [2.24, 2.45) is 29.1 Å². The van der Waals surface area contributed by atoms with E-state index in [4.69, 9.17) is 4.74 Å². The zero-order valence-electron chi connectivity index (χ0n) is 14.3. The van der Waals surface area contributed by atoms with E-state index in [-0.39, 0.29) is 11.9 Å². The number of hydrogen-bond acceptors (Lipinski definition) is 3. The second-order valence-corrected chi connectivity index (χ2v) is 8.77. The van der Waals surface area contributed by atoms with Gasteiger partial charge in [-0.1, -0.05) is 0 Å². The Morgan fingerprint density at radius 2 is 1.52 bits per heavy atom. The second-order valence-electron chi connectivity index (χ2n) is 8.77. The predicted molar refractivity (Wildman–Crippen MR) is 86.5 cm³/mol. The van der Waals surface area contributed by atoms with Gasteiger partial charge in [0.15, 0.2) is 0 Å². The first-order chi connectivity index (χ1) is 11.1. The van der Waals surface area contributed by atoms with Crippen LogP contribution in [-0.2, 0) is 14.3 Å². The number of amides is 1. The Labute approximate surface area is 138 Å². The van der Waals surface area contributed by atoms with E-state index in [1.165, 1.54) is 45.6 Å². The fourth-order valence-corrected chi connectivity index (χ4v) is 6.47. The number of piperidine rings is 1. The first kappa shape index (κ1) is 15.5. The van der Waals surface area contributed by atoms with E-state index in [1.807, 2.05) is 4.90 Å². The number of carbonyl (C=O) groups is 2. The van der Waals surface area contributed by atoms with Crippen LogP contribution in [0.25, 0.3) is 0 Å². The number of nitrogens with zero attached hydrogens (tertiary/aromatic N) is 1. The number of rotatable bonds is 3. The Balaban J connectivity index is 1.35. The number of esters is 1. The van der Waals surface area contributed by atoms with E-state index < -0.39 is 0 Å². The van der Waals surface area contributed by atoms with E-state index in [0.29, 0.717) is 11.3 Å². The van der Waals surface area contributed by atoms with Crippen LogP contribution in [0.4, 0.5) is 0 Å². The lowest BCUT2D eigenvalue weighted by Gasteiger charge is -2.57. The summed E-state index contributed by atoms with van der Waals surface area (Å²) in [6.45, 7) is 1.45. The fourth-order valence-electron chi connectivity index (χ4n) is 6.47. The summed E-state index contributed by atoms with van der Waals surface area (Å²) in [7, 11) is 1.45. The molecule has 4 aliphatic carbocycles. The van der Waals surface area contributed by atoms with Gasteiger partial charge >= 0.3 is 5.97 Å². The van der Waals surface area contributed by atoms with Crippen LogP contribution in [0, 0.1) is 29.1 Å². The maximum Gasteiger partial charge on any atom is 0.308 e. The highest BCUT2D eigenvalue weighted by Gasteiger charge is 2.51. The summed E-state index contributed by atoms with van der Waals surface area (Å²) in [6.07, 6.45) is 10.5. The van der Waals surface area contributed by atoms with Crippen molar-refractivity contribution in [2.75, 3.05) is 20.2 Å². The molecule has 4 heteroatoms. The minimum Gasteiger partial charge on any atom is -0.469 e. The summed E-state index contributed by atoms with van der Waals surface area (Å²) < 4.78 is 4.83. The molecular weight excluding hydrogens is 290 g/mol. The number of ether oxygens (including phenoxy) is 1. The van der Waals surface area contributed by atoms with Crippen molar-refractivity contribution in [3.63, 3.8) is 0 Å². The smallest absolute Gasteiger partial charge is 0.308 e. The number of likely N-dealkylation sites (tertiary alicyclic amines) is 1. The zero-order chi connectivity index (χ0) is 16.0. The minimum atomic E-state index is -0.113. The SMILES string of the molecule is COC(=O)C1CCN(C(=O)CC23CC4CC(CC(C4)C2)C3)CC1. The van der Waals surface area contributed by atoms with Gasteiger partial charge in [-0.3, -0.25) is 9.59 Å². The highest BCUT2D eigenvalue weighted by molar-refractivity contribution is 5.78.